The van der Waals surface area contributed by atoms with E-state index in [2.05, 4.69) is 41.5 Å². The quantitative estimate of drug-likeness (QED) is 0.857. The molecule has 2 N–H and O–H groups in total. The first-order valence-corrected chi connectivity index (χ1v) is 7.60. The Kier molecular flexibility index (Phi) is 5.03. The van der Waals surface area contributed by atoms with E-state index in [1.807, 2.05) is 12.1 Å². The van der Waals surface area contributed by atoms with Crippen molar-refractivity contribution in [2.45, 2.75) is 36.4 Å². The van der Waals surface area contributed by atoms with Crippen molar-refractivity contribution in [3.05, 3.63) is 40.3 Å². The van der Waals surface area contributed by atoms with Crippen LogP contribution in [-0.4, -0.2) is 21.3 Å². The van der Waals surface area contributed by atoms with E-state index < -0.39 is 0 Å². The van der Waals surface area contributed by atoms with Crippen LogP contribution in [0.4, 0.5) is 0 Å². The summed E-state index contributed by atoms with van der Waals surface area (Å²) in [4.78, 5) is 12.6. The van der Waals surface area contributed by atoms with E-state index >= 15 is 0 Å². The number of hydrogen-bond donors (Lipinski definition) is 2. The molecule has 1 unspecified atom stereocenters. The van der Waals surface area contributed by atoms with Crippen LogP contribution in [-0.2, 0) is 7.05 Å². The first-order chi connectivity index (χ1) is 9.67. The highest BCUT2D eigenvalue weighted by molar-refractivity contribution is 7.99. The van der Waals surface area contributed by atoms with Crippen LogP contribution in [0.15, 0.2) is 39.1 Å². The summed E-state index contributed by atoms with van der Waals surface area (Å²) in [5, 5.41) is 10.7. The predicted molar refractivity (Wildman–Crippen MR) is 81.1 cm³/mol. The third-order valence-electron chi connectivity index (χ3n) is 3.19. The van der Waals surface area contributed by atoms with Gasteiger partial charge < -0.3 is 5.32 Å². The molecule has 5 nitrogen and oxygen atoms in total. The number of hydrogen-bond acceptors (Lipinski definition) is 4. The number of benzene rings is 1. The normalized spacial score (nSPS) is 12.6. The molecule has 1 atom stereocenters. The molecule has 0 bridgehead atoms. The Hall–Kier alpha value is -1.53. The largest absolute Gasteiger partial charge is 0.343 e. The van der Waals surface area contributed by atoms with Crippen molar-refractivity contribution in [2.24, 2.45) is 7.05 Å². The highest BCUT2D eigenvalue weighted by Gasteiger charge is 2.15. The second-order valence-corrected chi connectivity index (χ2v) is 5.54. The first kappa shape index (κ1) is 14.9. The van der Waals surface area contributed by atoms with Gasteiger partial charge in [-0.15, -0.1) is 5.10 Å². The van der Waals surface area contributed by atoms with E-state index in [1.54, 1.807) is 7.05 Å². The van der Waals surface area contributed by atoms with Crippen LogP contribution in [0.5, 0.6) is 0 Å². The van der Waals surface area contributed by atoms with Gasteiger partial charge in [-0.3, -0.25) is 4.57 Å². The summed E-state index contributed by atoms with van der Waals surface area (Å²) < 4.78 is 1.52. The van der Waals surface area contributed by atoms with E-state index in [9.17, 15) is 4.79 Å². The maximum Gasteiger partial charge on any atom is 0.343 e. The first-order valence-electron chi connectivity index (χ1n) is 6.78. The molecule has 1 aromatic carbocycles. The molecule has 1 aromatic heterocycles. The van der Waals surface area contributed by atoms with Crippen molar-refractivity contribution in [3.63, 3.8) is 0 Å². The molecule has 0 amide bonds. The molecular formula is C14H20N4OS. The molecule has 0 radical (unpaired) electrons. The Balaban J connectivity index is 2.32. The fraction of sp³-hybridized carbons (Fsp3) is 0.429. The van der Waals surface area contributed by atoms with Crippen molar-refractivity contribution < 1.29 is 0 Å². The Labute approximate surface area is 122 Å². The molecule has 0 saturated heterocycles. The second kappa shape index (κ2) is 6.76. The van der Waals surface area contributed by atoms with Crippen molar-refractivity contribution in [1.29, 1.82) is 0 Å². The molecule has 2 aromatic rings. The van der Waals surface area contributed by atoms with Gasteiger partial charge in [0.05, 0.1) is 0 Å². The minimum Gasteiger partial charge on any atom is -0.310 e. The van der Waals surface area contributed by atoms with Gasteiger partial charge in [-0.25, -0.2) is 9.89 Å². The topological polar surface area (TPSA) is 62.7 Å². The zero-order valence-corrected chi connectivity index (χ0v) is 12.8. The number of nitrogens with zero attached hydrogens (tertiary/aromatic N) is 2. The molecule has 1 heterocycles. The van der Waals surface area contributed by atoms with E-state index in [1.165, 1.54) is 21.9 Å². The fourth-order valence-electron chi connectivity index (χ4n) is 2.10. The molecule has 0 fully saturated rings. The van der Waals surface area contributed by atoms with Crippen LogP contribution in [0.1, 0.15) is 31.9 Å². The molecular weight excluding hydrogens is 272 g/mol. The minimum atomic E-state index is -0.191. The lowest BCUT2D eigenvalue weighted by molar-refractivity contribution is 0.530. The number of H-pyrrole nitrogens is 1. The van der Waals surface area contributed by atoms with Gasteiger partial charge in [0.1, 0.15) is 0 Å². The maximum absolute atomic E-state index is 11.4. The third kappa shape index (κ3) is 3.13. The predicted octanol–water partition coefficient (Wildman–Crippen LogP) is 2.32. The Morgan fingerprint density at radius 1 is 1.40 bits per heavy atom. The highest BCUT2D eigenvalue weighted by Crippen LogP contribution is 2.32. The van der Waals surface area contributed by atoms with Crippen molar-refractivity contribution >= 4 is 11.8 Å². The summed E-state index contributed by atoms with van der Waals surface area (Å²) >= 11 is 1.51. The number of aromatic nitrogens is 3. The maximum atomic E-state index is 11.4. The monoisotopic (exact) mass is 292 g/mol. The molecule has 0 saturated carbocycles. The number of nitrogens with one attached hydrogen (secondary N) is 2. The van der Waals surface area contributed by atoms with Crippen LogP contribution in [0, 0.1) is 0 Å². The van der Waals surface area contributed by atoms with E-state index in [0.29, 0.717) is 11.2 Å². The summed E-state index contributed by atoms with van der Waals surface area (Å²) in [7, 11) is 1.72. The summed E-state index contributed by atoms with van der Waals surface area (Å²) in [6, 6.07) is 8.57. The average Bonchev–Trinajstić information content (AvgIpc) is 2.78. The number of aromatic amines is 1. The van der Waals surface area contributed by atoms with Gasteiger partial charge in [0.25, 0.3) is 0 Å². The molecule has 0 aliphatic heterocycles. The molecule has 2 rings (SSSR count). The van der Waals surface area contributed by atoms with Gasteiger partial charge in [0, 0.05) is 18.0 Å². The zero-order chi connectivity index (χ0) is 14.5. The fourth-order valence-corrected chi connectivity index (χ4v) is 3.09. The van der Waals surface area contributed by atoms with Crippen LogP contribution < -0.4 is 11.0 Å². The van der Waals surface area contributed by atoms with Gasteiger partial charge in [0.2, 0.25) is 0 Å². The van der Waals surface area contributed by atoms with Crippen LogP contribution >= 0.6 is 11.8 Å². The molecule has 0 aliphatic carbocycles. The summed E-state index contributed by atoms with van der Waals surface area (Å²) in [6.07, 6.45) is 1.02. The Morgan fingerprint density at radius 2 is 2.15 bits per heavy atom. The standard InChI is InChI=1S/C14H20N4OS/c1-4-11(15-5-2)10-8-6-7-9-12(10)20-14-17-16-13(19)18(14)3/h6-9,11,15H,4-5H2,1-3H3,(H,16,19). The van der Waals surface area contributed by atoms with E-state index in [0.717, 1.165) is 17.9 Å². The van der Waals surface area contributed by atoms with Crippen molar-refractivity contribution in [2.75, 3.05) is 6.54 Å². The smallest absolute Gasteiger partial charge is 0.310 e. The van der Waals surface area contributed by atoms with Crippen LogP contribution in [0.3, 0.4) is 0 Å². The Bertz CT molecular complexity index is 620. The molecule has 6 heteroatoms. The van der Waals surface area contributed by atoms with Crippen LogP contribution in [0.2, 0.25) is 0 Å². The molecule has 0 spiro atoms. The van der Waals surface area contributed by atoms with E-state index in [4.69, 9.17) is 0 Å². The average molecular weight is 292 g/mol. The van der Waals surface area contributed by atoms with Crippen molar-refractivity contribution in [3.8, 4) is 0 Å². The van der Waals surface area contributed by atoms with Gasteiger partial charge in [-0.2, -0.15) is 0 Å². The molecule has 108 valence electrons. The Morgan fingerprint density at radius 3 is 2.75 bits per heavy atom. The highest BCUT2D eigenvalue weighted by atomic mass is 32.2. The summed E-state index contributed by atoms with van der Waals surface area (Å²) in [5.74, 6) is 0. The molecule has 20 heavy (non-hydrogen) atoms. The van der Waals surface area contributed by atoms with Gasteiger partial charge in [-0.1, -0.05) is 32.0 Å². The second-order valence-electron chi connectivity index (χ2n) is 4.53. The van der Waals surface area contributed by atoms with Gasteiger partial charge in [0.15, 0.2) is 5.16 Å². The summed E-state index contributed by atoms with van der Waals surface area (Å²) in [5.41, 5.74) is 1.06. The summed E-state index contributed by atoms with van der Waals surface area (Å²) in [6.45, 7) is 5.20. The molecule has 0 aliphatic rings. The van der Waals surface area contributed by atoms with Crippen molar-refractivity contribution in [1.82, 2.24) is 20.1 Å². The SMILES string of the molecule is CCNC(CC)c1ccccc1Sc1n[nH]c(=O)n1C. The van der Waals surface area contributed by atoms with Gasteiger partial charge in [-0.05, 0) is 36.4 Å². The number of rotatable bonds is 6. The van der Waals surface area contributed by atoms with Crippen LogP contribution in [0.25, 0.3) is 0 Å². The van der Waals surface area contributed by atoms with E-state index in [-0.39, 0.29) is 5.69 Å². The zero-order valence-electron chi connectivity index (χ0n) is 12.0. The lowest BCUT2D eigenvalue weighted by Crippen LogP contribution is -2.20. The lowest BCUT2D eigenvalue weighted by Gasteiger charge is -2.19. The lowest BCUT2D eigenvalue weighted by atomic mass is 10.0. The van der Waals surface area contributed by atoms with Gasteiger partial charge >= 0.3 is 5.69 Å². The minimum absolute atomic E-state index is 0.191. The third-order valence-corrected chi connectivity index (χ3v) is 4.33.